The Morgan fingerprint density at radius 1 is 1.19 bits per heavy atom. The Kier molecular flexibility index (Phi) is 7.12. The van der Waals surface area contributed by atoms with Crippen molar-refractivity contribution in [1.29, 1.82) is 0 Å². The van der Waals surface area contributed by atoms with Gasteiger partial charge in [0.25, 0.3) is 0 Å². The first-order valence-electron chi connectivity index (χ1n) is 8.68. The van der Waals surface area contributed by atoms with E-state index in [4.69, 9.17) is 0 Å². The van der Waals surface area contributed by atoms with Crippen molar-refractivity contribution in [2.45, 2.75) is 87.9 Å². The van der Waals surface area contributed by atoms with E-state index in [0.717, 1.165) is 10.8 Å². The predicted octanol–water partition coefficient (Wildman–Crippen LogP) is 5.90. The van der Waals surface area contributed by atoms with Gasteiger partial charge < -0.3 is 5.11 Å². The normalized spacial score (nSPS) is 19.3. The molecule has 0 radical (unpaired) electrons. The lowest BCUT2D eigenvalue weighted by atomic mass is 10.00. The summed E-state index contributed by atoms with van der Waals surface area (Å²) in [6, 6.07) is 6.51. The Morgan fingerprint density at radius 2 is 1.95 bits per heavy atom. The Balaban J connectivity index is 1.75. The van der Waals surface area contributed by atoms with E-state index >= 15 is 0 Å². The highest BCUT2D eigenvalue weighted by Crippen LogP contribution is 2.38. The molecule has 2 rings (SSSR count). The van der Waals surface area contributed by atoms with Crippen molar-refractivity contribution < 1.29 is 5.11 Å². The number of rotatable bonds is 8. The summed E-state index contributed by atoms with van der Waals surface area (Å²) in [6.07, 6.45) is 11.9. The zero-order valence-corrected chi connectivity index (χ0v) is 14.4. The van der Waals surface area contributed by atoms with Gasteiger partial charge in [0.2, 0.25) is 0 Å². The smallest absolute Gasteiger partial charge is 0.0762 e. The molecule has 2 atom stereocenters. The molecule has 1 aliphatic heterocycles. The van der Waals surface area contributed by atoms with E-state index in [9.17, 15) is 5.11 Å². The van der Waals surface area contributed by atoms with Crippen LogP contribution in [0.4, 0.5) is 0 Å². The average Bonchev–Trinajstić information content (AvgIpc) is 2.50. The second-order valence-corrected chi connectivity index (χ2v) is 7.72. The van der Waals surface area contributed by atoms with Crippen molar-refractivity contribution in [3.05, 3.63) is 29.3 Å². The number of thioether (sulfide) groups is 1. The number of aliphatic hydroxyl groups excluding tert-OH is 1. The lowest BCUT2D eigenvalue weighted by Crippen LogP contribution is -2.11. The molecule has 1 nitrogen and oxygen atoms in total. The molecule has 1 aromatic carbocycles. The Bertz CT molecular complexity index is 428. The number of aryl methyl sites for hydroxylation is 1. The van der Waals surface area contributed by atoms with Gasteiger partial charge in [0, 0.05) is 10.1 Å². The van der Waals surface area contributed by atoms with E-state index in [1.807, 2.05) is 6.92 Å². The average molecular weight is 307 g/mol. The number of benzene rings is 1. The van der Waals surface area contributed by atoms with Crippen LogP contribution in [0.15, 0.2) is 23.1 Å². The molecule has 0 spiro atoms. The summed E-state index contributed by atoms with van der Waals surface area (Å²) in [7, 11) is 0. The molecule has 1 aliphatic rings. The minimum Gasteiger partial charge on any atom is -0.389 e. The van der Waals surface area contributed by atoms with Crippen molar-refractivity contribution in [2.75, 3.05) is 0 Å². The van der Waals surface area contributed by atoms with Crippen LogP contribution in [-0.4, -0.2) is 10.4 Å². The first-order valence-corrected chi connectivity index (χ1v) is 9.56. The monoisotopic (exact) mass is 306 g/mol. The molecule has 1 N–H and O–H groups in total. The maximum Gasteiger partial charge on any atom is 0.0762 e. The van der Waals surface area contributed by atoms with Gasteiger partial charge in [0.05, 0.1) is 6.10 Å². The van der Waals surface area contributed by atoms with Gasteiger partial charge in [-0.25, -0.2) is 0 Å². The Morgan fingerprint density at radius 3 is 2.71 bits per heavy atom. The topological polar surface area (TPSA) is 20.2 Å². The second kappa shape index (κ2) is 8.85. The second-order valence-electron chi connectivity index (χ2n) is 6.38. The number of fused-ring (bicyclic) bond motifs is 1. The Hall–Kier alpha value is -0.470. The molecule has 0 amide bonds. The van der Waals surface area contributed by atoms with Gasteiger partial charge in [-0.2, -0.15) is 0 Å². The summed E-state index contributed by atoms with van der Waals surface area (Å²) < 4.78 is 0. The highest BCUT2D eigenvalue weighted by molar-refractivity contribution is 8.00. The van der Waals surface area contributed by atoms with E-state index in [1.165, 1.54) is 68.2 Å². The van der Waals surface area contributed by atoms with Crippen molar-refractivity contribution in [2.24, 2.45) is 0 Å². The molecule has 0 aromatic heterocycles. The van der Waals surface area contributed by atoms with E-state index in [-0.39, 0.29) is 6.10 Å². The highest BCUT2D eigenvalue weighted by Gasteiger charge is 2.19. The zero-order valence-electron chi connectivity index (χ0n) is 13.6. The van der Waals surface area contributed by atoms with Gasteiger partial charge in [-0.1, -0.05) is 57.6 Å². The van der Waals surface area contributed by atoms with Gasteiger partial charge >= 0.3 is 0 Å². The summed E-state index contributed by atoms with van der Waals surface area (Å²) >= 11 is 2.06. The molecule has 0 aliphatic carbocycles. The number of aliphatic hydroxyl groups is 1. The molecule has 0 unspecified atom stereocenters. The van der Waals surface area contributed by atoms with Gasteiger partial charge in [0.15, 0.2) is 0 Å². The van der Waals surface area contributed by atoms with Crippen LogP contribution in [0.1, 0.15) is 82.4 Å². The van der Waals surface area contributed by atoms with Crippen LogP contribution in [0.5, 0.6) is 0 Å². The SMILES string of the molecule is CCCCCCCC[C@@H]1CCc2cc([C@@H](C)O)ccc2S1. The first kappa shape index (κ1) is 16.9. The largest absolute Gasteiger partial charge is 0.389 e. The molecule has 1 heterocycles. The third-order valence-electron chi connectivity index (χ3n) is 4.48. The molecule has 21 heavy (non-hydrogen) atoms. The van der Waals surface area contributed by atoms with E-state index < -0.39 is 0 Å². The van der Waals surface area contributed by atoms with Crippen LogP contribution in [0.3, 0.4) is 0 Å². The summed E-state index contributed by atoms with van der Waals surface area (Å²) in [5.41, 5.74) is 2.50. The van der Waals surface area contributed by atoms with Crippen LogP contribution in [0.2, 0.25) is 0 Å². The summed E-state index contributed by atoms with van der Waals surface area (Å²) in [5.74, 6) is 0. The highest BCUT2D eigenvalue weighted by atomic mass is 32.2. The van der Waals surface area contributed by atoms with Crippen molar-refractivity contribution >= 4 is 11.8 Å². The molecule has 0 fully saturated rings. The molecular formula is C19H30OS. The number of unbranched alkanes of at least 4 members (excludes halogenated alkanes) is 5. The van der Waals surface area contributed by atoms with Crippen LogP contribution in [0, 0.1) is 0 Å². The van der Waals surface area contributed by atoms with E-state index in [1.54, 1.807) is 0 Å². The third-order valence-corrected chi connectivity index (χ3v) is 5.93. The van der Waals surface area contributed by atoms with Crippen LogP contribution in [-0.2, 0) is 6.42 Å². The molecule has 0 saturated carbocycles. The molecule has 2 heteroatoms. The quantitative estimate of drug-likeness (QED) is 0.604. The minimum absolute atomic E-state index is 0.346. The van der Waals surface area contributed by atoms with Crippen LogP contribution in [0.25, 0.3) is 0 Å². The predicted molar refractivity (Wildman–Crippen MR) is 93.0 cm³/mol. The van der Waals surface area contributed by atoms with Crippen molar-refractivity contribution in [3.8, 4) is 0 Å². The van der Waals surface area contributed by atoms with Gasteiger partial charge in [-0.15, -0.1) is 11.8 Å². The molecular weight excluding hydrogens is 276 g/mol. The first-order chi connectivity index (χ1) is 10.2. The number of hydrogen-bond donors (Lipinski definition) is 1. The summed E-state index contributed by atoms with van der Waals surface area (Å²) in [6.45, 7) is 4.12. The third kappa shape index (κ3) is 5.34. The maximum absolute atomic E-state index is 9.68. The minimum atomic E-state index is -0.346. The molecule has 1 aromatic rings. The number of hydrogen-bond acceptors (Lipinski definition) is 2. The van der Waals surface area contributed by atoms with E-state index in [2.05, 4.69) is 36.9 Å². The fourth-order valence-corrected chi connectivity index (χ4v) is 4.42. The molecule has 118 valence electrons. The van der Waals surface area contributed by atoms with Gasteiger partial charge in [-0.3, -0.25) is 0 Å². The van der Waals surface area contributed by atoms with Crippen LogP contribution < -0.4 is 0 Å². The fourth-order valence-electron chi connectivity index (χ4n) is 3.08. The van der Waals surface area contributed by atoms with Crippen molar-refractivity contribution in [3.63, 3.8) is 0 Å². The van der Waals surface area contributed by atoms with Crippen LogP contribution >= 0.6 is 11.8 Å². The summed E-state index contributed by atoms with van der Waals surface area (Å²) in [4.78, 5) is 1.45. The standard InChI is InChI=1S/C19H30OS/c1-3-4-5-6-7-8-9-18-12-10-17-14-16(15(2)20)11-13-19(17)21-18/h11,13-15,18,20H,3-10,12H2,1-2H3/t15-,18-/m1/s1. The van der Waals surface area contributed by atoms with Crippen molar-refractivity contribution in [1.82, 2.24) is 0 Å². The van der Waals surface area contributed by atoms with E-state index in [0.29, 0.717) is 0 Å². The lowest BCUT2D eigenvalue weighted by molar-refractivity contribution is 0.199. The molecule has 0 saturated heterocycles. The summed E-state index contributed by atoms with van der Waals surface area (Å²) in [5, 5.41) is 10.5. The maximum atomic E-state index is 9.68. The zero-order chi connectivity index (χ0) is 15.1. The van der Waals surface area contributed by atoms with Gasteiger partial charge in [0.1, 0.15) is 0 Å². The van der Waals surface area contributed by atoms with Gasteiger partial charge in [-0.05, 0) is 43.4 Å². The Labute approximate surface area is 134 Å². The lowest BCUT2D eigenvalue weighted by Gasteiger charge is -2.25. The molecule has 0 bridgehead atoms. The fraction of sp³-hybridized carbons (Fsp3) is 0.684.